The fourth-order valence-electron chi connectivity index (χ4n) is 2.32. The molecular weight excluding hydrogens is 336 g/mol. The summed E-state index contributed by atoms with van der Waals surface area (Å²) in [6, 6.07) is 9.44. The molecule has 0 bridgehead atoms. The lowest BCUT2D eigenvalue weighted by molar-refractivity contribution is -0.110. The van der Waals surface area contributed by atoms with Crippen LogP contribution in [0.4, 0.5) is 5.69 Å². The summed E-state index contributed by atoms with van der Waals surface area (Å²) in [5.41, 5.74) is 3.02. The third kappa shape index (κ3) is 2.37. The molecule has 108 valence electrons. The van der Waals surface area contributed by atoms with E-state index in [1.807, 2.05) is 35.0 Å². The number of hydrogen-bond donors (Lipinski definition) is 1. The summed E-state index contributed by atoms with van der Waals surface area (Å²) < 4.78 is 0. The normalized spacial score (nSPS) is 15.1. The SMILES string of the molecule is O=C1Nc2cc(Cl)ccc2/C1=C\c1csc(-c2cccs2)n1. The van der Waals surface area contributed by atoms with Crippen LogP contribution in [0.3, 0.4) is 0 Å². The van der Waals surface area contributed by atoms with E-state index in [9.17, 15) is 4.79 Å². The largest absolute Gasteiger partial charge is 0.321 e. The topological polar surface area (TPSA) is 42.0 Å². The second-order valence-electron chi connectivity index (χ2n) is 4.76. The van der Waals surface area contributed by atoms with Gasteiger partial charge in [-0.3, -0.25) is 4.79 Å². The molecule has 0 saturated carbocycles. The summed E-state index contributed by atoms with van der Waals surface area (Å²) in [6.07, 6.45) is 1.82. The Morgan fingerprint density at radius 1 is 1.23 bits per heavy atom. The third-order valence-corrected chi connectivity index (χ3v) is 5.45. The van der Waals surface area contributed by atoms with Gasteiger partial charge in [0.25, 0.3) is 5.91 Å². The van der Waals surface area contributed by atoms with Gasteiger partial charge < -0.3 is 5.32 Å². The summed E-state index contributed by atoms with van der Waals surface area (Å²) >= 11 is 9.19. The highest BCUT2D eigenvalue weighted by Gasteiger charge is 2.24. The van der Waals surface area contributed by atoms with Gasteiger partial charge in [-0.05, 0) is 29.7 Å². The van der Waals surface area contributed by atoms with Crippen molar-refractivity contribution in [2.45, 2.75) is 0 Å². The van der Waals surface area contributed by atoms with Crippen molar-refractivity contribution in [3.05, 3.63) is 57.4 Å². The molecule has 0 unspecified atom stereocenters. The van der Waals surface area contributed by atoms with Crippen molar-refractivity contribution in [1.82, 2.24) is 4.98 Å². The number of nitrogens with one attached hydrogen (secondary N) is 1. The van der Waals surface area contributed by atoms with Gasteiger partial charge in [-0.15, -0.1) is 22.7 Å². The second kappa shape index (κ2) is 5.35. The Balaban J connectivity index is 1.73. The van der Waals surface area contributed by atoms with Crippen LogP contribution in [-0.4, -0.2) is 10.9 Å². The Kier molecular flexibility index (Phi) is 3.33. The lowest BCUT2D eigenvalue weighted by Gasteiger charge is -1.97. The molecule has 2 aromatic heterocycles. The number of nitrogens with zero attached hydrogens (tertiary/aromatic N) is 1. The summed E-state index contributed by atoms with van der Waals surface area (Å²) in [5.74, 6) is -0.122. The minimum absolute atomic E-state index is 0.122. The summed E-state index contributed by atoms with van der Waals surface area (Å²) in [5, 5.41) is 8.39. The molecule has 1 aliphatic rings. The molecule has 1 aromatic carbocycles. The first-order valence-electron chi connectivity index (χ1n) is 6.53. The van der Waals surface area contributed by atoms with Crippen LogP contribution in [0.25, 0.3) is 21.5 Å². The Morgan fingerprint density at radius 2 is 2.14 bits per heavy atom. The van der Waals surface area contributed by atoms with Crippen molar-refractivity contribution >= 4 is 57.5 Å². The number of benzene rings is 1. The van der Waals surface area contributed by atoms with E-state index in [1.54, 1.807) is 34.8 Å². The maximum atomic E-state index is 12.1. The van der Waals surface area contributed by atoms with E-state index in [0.29, 0.717) is 10.6 Å². The fraction of sp³-hybridized carbons (Fsp3) is 0. The molecule has 0 atom stereocenters. The van der Waals surface area contributed by atoms with E-state index in [1.165, 1.54) is 0 Å². The molecule has 6 heteroatoms. The van der Waals surface area contributed by atoms with Crippen molar-refractivity contribution in [1.29, 1.82) is 0 Å². The number of fused-ring (bicyclic) bond motifs is 1. The number of anilines is 1. The van der Waals surface area contributed by atoms with E-state index < -0.39 is 0 Å². The molecular formula is C16H9ClN2OS2. The van der Waals surface area contributed by atoms with Crippen LogP contribution in [0.2, 0.25) is 5.02 Å². The maximum absolute atomic E-state index is 12.1. The molecule has 0 saturated heterocycles. The molecule has 1 N–H and O–H groups in total. The van der Waals surface area contributed by atoms with E-state index in [0.717, 1.165) is 26.8 Å². The van der Waals surface area contributed by atoms with E-state index >= 15 is 0 Å². The molecule has 1 aliphatic heterocycles. The van der Waals surface area contributed by atoms with E-state index in [4.69, 9.17) is 11.6 Å². The van der Waals surface area contributed by atoms with Gasteiger partial charge in [0.2, 0.25) is 0 Å². The summed E-state index contributed by atoms with van der Waals surface area (Å²) in [6.45, 7) is 0. The zero-order chi connectivity index (χ0) is 15.1. The highest BCUT2D eigenvalue weighted by Crippen LogP contribution is 2.35. The Bertz CT molecular complexity index is 897. The summed E-state index contributed by atoms with van der Waals surface area (Å²) in [7, 11) is 0. The first-order chi connectivity index (χ1) is 10.7. The predicted molar refractivity (Wildman–Crippen MR) is 93.4 cm³/mol. The second-order valence-corrected chi connectivity index (χ2v) is 7.00. The number of carbonyl (C=O) groups is 1. The highest BCUT2D eigenvalue weighted by atomic mass is 35.5. The molecule has 0 spiro atoms. The molecule has 22 heavy (non-hydrogen) atoms. The van der Waals surface area contributed by atoms with Gasteiger partial charge in [0, 0.05) is 16.0 Å². The lowest BCUT2D eigenvalue weighted by atomic mass is 10.1. The lowest BCUT2D eigenvalue weighted by Crippen LogP contribution is -2.03. The van der Waals surface area contributed by atoms with Gasteiger partial charge in [0.1, 0.15) is 5.01 Å². The van der Waals surface area contributed by atoms with Crippen molar-refractivity contribution in [2.24, 2.45) is 0 Å². The van der Waals surface area contributed by atoms with Crippen LogP contribution in [0.5, 0.6) is 0 Å². The highest BCUT2D eigenvalue weighted by molar-refractivity contribution is 7.20. The fourth-order valence-corrected chi connectivity index (χ4v) is 4.09. The van der Waals surface area contributed by atoms with Gasteiger partial charge in [-0.2, -0.15) is 0 Å². The molecule has 3 nitrogen and oxygen atoms in total. The van der Waals surface area contributed by atoms with E-state index in [2.05, 4.69) is 10.3 Å². The molecule has 0 aliphatic carbocycles. The average molecular weight is 345 g/mol. The quantitative estimate of drug-likeness (QED) is 0.663. The van der Waals surface area contributed by atoms with Crippen LogP contribution in [0.15, 0.2) is 41.1 Å². The van der Waals surface area contributed by atoms with Crippen LogP contribution in [0, 0.1) is 0 Å². The number of aromatic nitrogens is 1. The Labute approximate surface area is 139 Å². The van der Waals surface area contributed by atoms with Crippen molar-refractivity contribution < 1.29 is 4.79 Å². The van der Waals surface area contributed by atoms with Gasteiger partial charge in [0.05, 0.1) is 21.8 Å². The zero-order valence-electron chi connectivity index (χ0n) is 11.2. The minimum atomic E-state index is -0.122. The number of thiazole rings is 1. The third-order valence-electron chi connectivity index (χ3n) is 3.31. The smallest absolute Gasteiger partial charge is 0.256 e. The van der Waals surface area contributed by atoms with Crippen LogP contribution < -0.4 is 5.32 Å². The first-order valence-corrected chi connectivity index (χ1v) is 8.67. The van der Waals surface area contributed by atoms with Crippen LogP contribution in [-0.2, 0) is 4.79 Å². The molecule has 3 aromatic rings. The standard InChI is InChI=1S/C16H9ClN2OS2/c17-9-3-4-11-12(15(20)19-13(11)6-9)7-10-8-22-16(18-10)14-2-1-5-21-14/h1-8H,(H,19,20)/b12-7+. The average Bonchev–Trinajstić information content (AvgIpc) is 3.20. The van der Waals surface area contributed by atoms with Gasteiger partial charge in [-0.1, -0.05) is 23.7 Å². The van der Waals surface area contributed by atoms with Gasteiger partial charge in [0.15, 0.2) is 0 Å². The first kappa shape index (κ1) is 13.7. The number of thiophene rings is 1. The monoisotopic (exact) mass is 344 g/mol. The van der Waals surface area contributed by atoms with Crippen molar-refractivity contribution in [3.63, 3.8) is 0 Å². The zero-order valence-corrected chi connectivity index (χ0v) is 13.6. The Hall–Kier alpha value is -1.95. The maximum Gasteiger partial charge on any atom is 0.256 e. The molecule has 1 amide bonds. The van der Waals surface area contributed by atoms with Gasteiger partial charge in [-0.25, -0.2) is 4.98 Å². The van der Waals surface area contributed by atoms with Crippen LogP contribution >= 0.6 is 34.3 Å². The van der Waals surface area contributed by atoms with Gasteiger partial charge >= 0.3 is 0 Å². The molecule has 0 radical (unpaired) electrons. The molecule has 3 heterocycles. The predicted octanol–water partition coefficient (Wildman–Crippen LogP) is 5.02. The van der Waals surface area contributed by atoms with E-state index in [-0.39, 0.29) is 5.91 Å². The molecule has 0 fully saturated rings. The van der Waals surface area contributed by atoms with Crippen molar-refractivity contribution in [3.8, 4) is 9.88 Å². The summed E-state index contributed by atoms with van der Waals surface area (Å²) in [4.78, 5) is 17.9. The number of halogens is 1. The van der Waals surface area contributed by atoms with Crippen molar-refractivity contribution in [2.75, 3.05) is 5.32 Å². The number of amides is 1. The van der Waals surface area contributed by atoms with Crippen LogP contribution in [0.1, 0.15) is 11.3 Å². The molecule has 4 rings (SSSR count). The number of hydrogen-bond acceptors (Lipinski definition) is 4. The Morgan fingerprint density at radius 3 is 2.95 bits per heavy atom. The minimum Gasteiger partial charge on any atom is -0.321 e. The number of carbonyl (C=O) groups excluding carboxylic acids is 1. The number of rotatable bonds is 2.